The molecular weight excluding hydrogens is 354 g/mol. The van der Waals surface area contributed by atoms with Gasteiger partial charge in [0, 0.05) is 0 Å². The third kappa shape index (κ3) is 1.70. The van der Waals surface area contributed by atoms with Crippen LogP contribution in [-0.4, -0.2) is 5.11 Å². The fourth-order valence-electron chi connectivity index (χ4n) is 0.593. The Balaban J connectivity index is 3.60. The summed E-state index contributed by atoms with van der Waals surface area (Å²) in [7, 11) is 0. The van der Waals surface area contributed by atoms with E-state index in [4.69, 9.17) is 34.8 Å². The van der Waals surface area contributed by atoms with Crippen LogP contribution in [0.4, 0.5) is 0 Å². The molecule has 0 aliphatic rings. The van der Waals surface area contributed by atoms with Crippen molar-refractivity contribution in [1.29, 1.82) is 0 Å². The summed E-state index contributed by atoms with van der Waals surface area (Å²) in [6.45, 7) is 0. The van der Waals surface area contributed by atoms with Gasteiger partial charge in [-0.05, 0) is 31.9 Å². The van der Waals surface area contributed by atoms with Crippen molar-refractivity contribution < 1.29 is 5.11 Å². The second kappa shape index (κ2) is 3.93. The number of aromatic hydroxyl groups is 1. The van der Waals surface area contributed by atoms with Crippen molar-refractivity contribution in [2.24, 2.45) is 0 Å². The van der Waals surface area contributed by atoms with Gasteiger partial charge < -0.3 is 5.11 Å². The third-order valence-corrected chi connectivity index (χ3v) is 4.66. The Labute approximate surface area is 101 Å². The lowest BCUT2D eigenvalue weighted by Crippen LogP contribution is -1.79. The highest BCUT2D eigenvalue weighted by Crippen LogP contribution is 2.47. The molecule has 0 atom stereocenters. The van der Waals surface area contributed by atoms with Crippen LogP contribution in [0.15, 0.2) is 8.95 Å². The van der Waals surface area contributed by atoms with Gasteiger partial charge >= 0.3 is 0 Å². The molecule has 0 aliphatic heterocycles. The van der Waals surface area contributed by atoms with Crippen LogP contribution in [0.5, 0.6) is 5.75 Å². The van der Waals surface area contributed by atoms with Gasteiger partial charge in [-0.3, -0.25) is 0 Å². The summed E-state index contributed by atoms with van der Waals surface area (Å²) in [5, 5.41) is 9.88. The number of benzene rings is 1. The van der Waals surface area contributed by atoms with Crippen molar-refractivity contribution in [2.75, 3.05) is 0 Å². The molecule has 0 amide bonds. The summed E-state index contributed by atoms with van der Waals surface area (Å²) in [5.41, 5.74) is 0. The van der Waals surface area contributed by atoms with Crippen LogP contribution in [0.1, 0.15) is 0 Å². The molecule has 0 spiro atoms. The highest BCUT2D eigenvalue weighted by atomic mass is 79.9. The van der Waals surface area contributed by atoms with Crippen LogP contribution >= 0.6 is 66.7 Å². The summed E-state index contributed by atoms with van der Waals surface area (Å²) in [5.74, 6) is -0.158. The van der Waals surface area contributed by atoms with E-state index in [1.54, 1.807) is 0 Å². The summed E-state index contributed by atoms with van der Waals surface area (Å²) in [6.07, 6.45) is 0. The average molecular weight is 355 g/mol. The molecule has 0 saturated carbocycles. The van der Waals surface area contributed by atoms with E-state index in [1.807, 2.05) is 0 Å². The van der Waals surface area contributed by atoms with E-state index in [2.05, 4.69) is 31.9 Å². The van der Waals surface area contributed by atoms with E-state index < -0.39 is 0 Å². The Morgan fingerprint density at radius 2 is 1.33 bits per heavy atom. The Kier molecular flexibility index (Phi) is 3.58. The fraction of sp³-hybridized carbons (Fsp3) is 0. The minimum Gasteiger partial charge on any atom is -0.505 e. The Bertz CT molecular complexity index is 235. The SMILES string of the molecule is Oc1c(Cl)c(Cl)c(Br)c(Cl)c1Br. The van der Waals surface area contributed by atoms with Crippen LogP contribution in [-0.2, 0) is 0 Å². The molecule has 6 heteroatoms. The standard InChI is InChI=1S/C6HBr2Cl3O/c7-1-3(9)2(8)6(12)5(11)4(1)10/h12H. The van der Waals surface area contributed by atoms with Crippen molar-refractivity contribution >= 4 is 66.7 Å². The van der Waals surface area contributed by atoms with Gasteiger partial charge in [-0.1, -0.05) is 34.8 Å². The first kappa shape index (κ1) is 10.9. The highest BCUT2D eigenvalue weighted by Gasteiger charge is 2.17. The summed E-state index contributed by atoms with van der Waals surface area (Å²) in [6, 6.07) is 0. The molecule has 0 saturated heterocycles. The van der Waals surface area contributed by atoms with E-state index in [0.29, 0.717) is 14.0 Å². The molecule has 0 aromatic heterocycles. The third-order valence-electron chi connectivity index (χ3n) is 1.19. The maximum absolute atomic E-state index is 9.32. The van der Waals surface area contributed by atoms with Crippen molar-refractivity contribution in [2.45, 2.75) is 0 Å². The first-order valence-electron chi connectivity index (χ1n) is 2.67. The lowest BCUT2D eigenvalue weighted by atomic mass is 10.3. The molecule has 1 N–H and O–H groups in total. The van der Waals surface area contributed by atoms with Crippen LogP contribution in [0, 0.1) is 0 Å². The predicted molar refractivity (Wildman–Crippen MR) is 58.5 cm³/mol. The van der Waals surface area contributed by atoms with Crippen LogP contribution in [0.25, 0.3) is 0 Å². The van der Waals surface area contributed by atoms with Gasteiger partial charge in [0.2, 0.25) is 0 Å². The van der Waals surface area contributed by atoms with Gasteiger partial charge in [0.05, 0.1) is 19.0 Å². The minimum absolute atomic E-state index is 0.0693. The number of phenols is 1. The Morgan fingerprint density at radius 1 is 0.833 bits per heavy atom. The van der Waals surface area contributed by atoms with Crippen molar-refractivity contribution in [3.05, 3.63) is 24.0 Å². The molecule has 1 rings (SSSR count). The maximum Gasteiger partial charge on any atom is 0.151 e. The van der Waals surface area contributed by atoms with E-state index in [1.165, 1.54) is 0 Å². The molecule has 1 nitrogen and oxygen atoms in total. The summed E-state index contributed by atoms with van der Waals surface area (Å²) >= 11 is 23.3. The maximum atomic E-state index is 9.32. The lowest BCUT2D eigenvalue weighted by molar-refractivity contribution is 0.472. The second-order valence-electron chi connectivity index (χ2n) is 1.92. The molecule has 0 unspecified atom stereocenters. The summed E-state index contributed by atoms with van der Waals surface area (Å²) < 4.78 is 0.783. The van der Waals surface area contributed by atoms with Crippen LogP contribution in [0.2, 0.25) is 15.1 Å². The molecule has 0 fully saturated rings. The molecule has 66 valence electrons. The monoisotopic (exact) mass is 352 g/mol. The first-order chi connectivity index (χ1) is 5.46. The Hall–Kier alpha value is 0.850. The molecule has 0 radical (unpaired) electrons. The van der Waals surface area contributed by atoms with E-state index in [0.717, 1.165) is 0 Å². The molecule has 1 aromatic rings. The zero-order chi connectivity index (χ0) is 9.46. The van der Waals surface area contributed by atoms with Gasteiger partial charge in [-0.2, -0.15) is 0 Å². The fourth-order valence-corrected chi connectivity index (χ4v) is 2.49. The van der Waals surface area contributed by atoms with E-state index >= 15 is 0 Å². The van der Waals surface area contributed by atoms with Crippen LogP contribution < -0.4 is 0 Å². The quantitative estimate of drug-likeness (QED) is 0.520. The van der Waals surface area contributed by atoms with E-state index in [9.17, 15) is 5.11 Å². The number of hydrogen-bond acceptors (Lipinski definition) is 1. The minimum atomic E-state index is -0.158. The highest BCUT2D eigenvalue weighted by molar-refractivity contribution is 9.11. The number of rotatable bonds is 0. The number of hydrogen-bond donors (Lipinski definition) is 1. The average Bonchev–Trinajstić information content (AvgIpc) is 2.08. The van der Waals surface area contributed by atoms with Crippen molar-refractivity contribution in [1.82, 2.24) is 0 Å². The molecular formula is C6HBr2Cl3O. The number of phenolic OH excluding ortho intramolecular Hbond substituents is 1. The Morgan fingerprint density at radius 3 is 1.83 bits per heavy atom. The zero-order valence-corrected chi connectivity index (χ0v) is 10.8. The van der Waals surface area contributed by atoms with Crippen molar-refractivity contribution in [3.8, 4) is 5.75 Å². The van der Waals surface area contributed by atoms with Gasteiger partial charge in [-0.15, -0.1) is 0 Å². The normalized spacial score (nSPS) is 10.4. The molecule has 0 aliphatic carbocycles. The van der Waals surface area contributed by atoms with Gasteiger partial charge in [-0.25, -0.2) is 0 Å². The van der Waals surface area contributed by atoms with E-state index in [-0.39, 0.29) is 15.8 Å². The zero-order valence-electron chi connectivity index (χ0n) is 5.34. The smallest absolute Gasteiger partial charge is 0.151 e. The molecule has 0 bridgehead atoms. The van der Waals surface area contributed by atoms with Gasteiger partial charge in [0.25, 0.3) is 0 Å². The second-order valence-corrected chi connectivity index (χ2v) is 4.64. The van der Waals surface area contributed by atoms with Gasteiger partial charge in [0.1, 0.15) is 5.02 Å². The van der Waals surface area contributed by atoms with Gasteiger partial charge in [0.15, 0.2) is 5.75 Å². The molecule has 0 heterocycles. The predicted octanol–water partition coefficient (Wildman–Crippen LogP) is 4.88. The number of halogens is 5. The van der Waals surface area contributed by atoms with Crippen LogP contribution in [0.3, 0.4) is 0 Å². The lowest BCUT2D eigenvalue weighted by Gasteiger charge is -2.06. The van der Waals surface area contributed by atoms with Crippen molar-refractivity contribution in [3.63, 3.8) is 0 Å². The topological polar surface area (TPSA) is 20.2 Å². The first-order valence-corrected chi connectivity index (χ1v) is 5.39. The molecule has 1 aromatic carbocycles. The largest absolute Gasteiger partial charge is 0.505 e. The summed E-state index contributed by atoms with van der Waals surface area (Å²) in [4.78, 5) is 0. The molecule has 12 heavy (non-hydrogen) atoms.